The van der Waals surface area contributed by atoms with Crippen LogP contribution in [0, 0.1) is 0 Å². The molecule has 2 aliphatic heterocycles. The molecule has 2 amide bonds. The minimum Gasteiger partial charge on any atom is -0.335 e. The average molecular weight is 427 g/mol. The Morgan fingerprint density at radius 1 is 1.07 bits per heavy atom. The van der Waals surface area contributed by atoms with Crippen molar-refractivity contribution in [1.29, 1.82) is 0 Å². The lowest BCUT2D eigenvalue weighted by molar-refractivity contribution is -0.134. The van der Waals surface area contributed by atoms with Crippen LogP contribution in [0.2, 0.25) is 0 Å². The van der Waals surface area contributed by atoms with Crippen molar-refractivity contribution in [1.82, 2.24) is 5.32 Å². The van der Waals surface area contributed by atoms with Crippen LogP contribution in [0.15, 0.2) is 59.6 Å². The van der Waals surface area contributed by atoms with E-state index < -0.39 is 11.1 Å². The molecule has 0 bridgehead atoms. The molecule has 1 aromatic heterocycles. The lowest BCUT2D eigenvalue weighted by Crippen LogP contribution is -2.29. The number of urea groups is 1. The van der Waals surface area contributed by atoms with Crippen LogP contribution in [0.1, 0.15) is 22.0 Å². The number of hydrogen-bond acceptors (Lipinski definition) is 3. The van der Waals surface area contributed by atoms with Crippen molar-refractivity contribution in [3.05, 3.63) is 70.6 Å². The SMILES string of the molecule is O=C1NC[C@@H](c2ccc(-c3ccc(C(F)(F)F)s3)cc2)N1c1ccc2c(c1)N=CC2. The number of anilines is 1. The summed E-state index contributed by atoms with van der Waals surface area (Å²) in [4.78, 5) is 18.5. The summed E-state index contributed by atoms with van der Waals surface area (Å²) in [6.45, 7) is 0.454. The number of carbonyl (C=O) groups is 1. The lowest BCUT2D eigenvalue weighted by Gasteiger charge is -2.24. The number of fused-ring (bicyclic) bond motifs is 1. The third-order valence-corrected chi connectivity index (χ3v) is 6.51. The highest BCUT2D eigenvalue weighted by Crippen LogP contribution is 2.39. The molecule has 30 heavy (non-hydrogen) atoms. The maximum atomic E-state index is 12.9. The van der Waals surface area contributed by atoms with E-state index >= 15 is 0 Å². The van der Waals surface area contributed by atoms with Gasteiger partial charge in [0.2, 0.25) is 0 Å². The van der Waals surface area contributed by atoms with Crippen molar-refractivity contribution in [3.63, 3.8) is 0 Å². The summed E-state index contributed by atoms with van der Waals surface area (Å²) in [7, 11) is 0. The first kappa shape index (κ1) is 18.9. The molecule has 1 fully saturated rings. The number of benzene rings is 2. The van der Waals surface area contributed by atoms with Gasteiger partial charge >= 0.3 is 12.2 Å². The number of rotatable bonds is 3. The van der Waals surface area contributed by atoms with Gasteiger partial charge in [-0.3, -0.25) is 9.89 Å². The maximum absolute atomic E-state index is 12.9. The smallest absolute Gasteiger partial charge is 0.335 e. The van der Waals surface area contributed by atoms with Crippen molar-refractivity contribution in [2.75, 3.05) is 11.4 Å². The molecule has 152 valence electrons. The molecule has 0 radical (unpaired) electrons. The standard InChI is InChI=1S/C22H16F3N3OS/c23-22(24,25)20-8-7-19(30-20)15-3-1-14(2-4-15)18-12-27-21(29)28(18)16-6-5-13-9-10-26-17(13)11-16/h1-8,10-11,18H,9,12H2,(H,27,29)/t18-/m0/s1. The van der Waals surface area contributed by atoms with Gasteiger partial charge in [0, 0.05) is 29.7 Å². The number of halogens is 3. The number of amides is 2. The summed E-state index contributed by atoms with van der Waals surface area (Å²) in [5.41, 5.74) is 4.40. The first-order chi connectivity index (χ1) is 14.4. The van der Waals surface area contributed by atoms with Gasteiger partial charge in [-0.25, -0.2) is 4.79 Å². The zero-order valence-electron chi connectivity index (χ0n) is 15.6. The first-order valence-corrected chi connectivity index (χ1v) is 10.2. The summed E-state index contributed by atoms with van der Waals surface area (Å²) in [5, 5.41) is 2.88. The molecule has 0 spiro atoms. The largest absolute Gasteiger partial charge is 0.425 e. The van der Waals surface area contributed by atoms with Gasteiger partial charge in [-0.05, 0) is 41.0 Å². The molecule has 1 atom stereocenters. The van der Waals surface area contributed by atoms with Gasteiger partial charge in [-0.2, -0.15) is 13.2 Å². The van der Waals surface area contributed by atoms with Crippen molar-refractivity contribution >= 4 is 35.0 Å². The Kier molecular flexibility index (Phi) is 4.39. The summed E-state index contributed by atoms with van der Waals surface area (Å²) < 4.78 is 38.6. The van der Waals surface area contributed by atoms with E-state index in [-0.39, 0.29) is 12.1 Å². The van der Waals surface area contributed by atoms with E-state index in [4.69, 9.17) is 0 Å². The van der Waals surface area contributed by atoms with Crippen molar-refractivity contribution in [2.24, 2.45) is 4.99 Å². The summed E-state index contributed by atoms with van der Waals surface area (Å²) >= 11 is 0.725. The molecule has 0 unspecified atom stereocenters. The Morgan fingerprint density at radius 2 is 1.87 bits per heavy atom. The molecule has 4 nitrogen and oxygen atoms in total. The quantitative estimate of drug-likeness (QED) is 0.551. The molecule has 8 heteroatoms. The molecular formula is C22H16F3N3OS. The molecule has 0 aliphatic carbocycles. The van der Waals surface area contributed by atoms with Crippen LogP contribution < -0.4 is 10.2 Å². The van der Waals surface area contributed by atoms with E-state index in [1.165, 1.54) is 6.07 Å². The first-order valence-electron chi connectivity index (χ1n) is 9.40. The molecule has 5 rings (SSSR count). The average Bonchev–Trinajstić information content (AvgIpc) is 3.46. The van der Waals surface area contributed by atoms with Gasteiger partial charge in [-0.15, -0.1) is 11.3 Å². The van der Waals surface area contributed by atoms with Crippen LogP contribution in [-0.4, -0.2) is 18.8 Å². The summed E-state index contributed by atoms with van der Waals surface area (Å²) in [5.74, 6) is 0. The number of nitrogens with zero attached hydrogens (tertiary/aromatic N) is 2. The Balaban J connectivity index is 1.42. The molecule has 0 saturated carbocycles. The molecule has 3 heterocycles. The topological polar surface area (TPSA) is 44.7 Å². The number of alkyl halides is 3. The van der Waals surface area contributed by atoms with Crippen LogP contribution in [0.4, 0.5) is 29.3 Å². The minimum absolute atomic E-state index is 0.181. The number of hydrogen-bond donors (Lipinski definition) is 1. The van der Waals surface area contributed by atoms with Gasteiger partial charge < -0.3 is 5.32 Å². The maximum Gasteiger partial charge on any atom is 0.425 e. The van der Waals surface area contributed by atoms with E-state index in [1.807, 2.05) is 36.5 Å². The second kappa shape index (κ2) is 6.98. The van der Waals surface area contributed by atoms with E-state index in [0.717, 1.165) is 51.9 Å². The molecule has 3 aromatic rings. The normalized spacial score (nSPS) is 18.0. The van der Waals surface area contributed by atoms with Crippen molar-refractivity contribution in [2.45, 2.75) is 18.6 Å². The van der Waals surface area contributed by atoms with Crippen LogP contribution >= 0.6 is 11.3 Å². The predicted molar refractivity (Wildman–Crippen MR) is 112 cm³/mol. The van der Waals surface area contributed by atoms with Gasteiger partial charge in [0.05, 0.1) is 11.7 Å². The molecular weight excluding hydrogens is 411 g/mol. The van der Waals surface area contributed by atoms with Crippen molar-refractivity contribution < 1.29 is 18.0 Å². The second-order valence-corrected chi connectivity index (χ2v) is 8.27. The van der Waals surface area contributed by atoms with Gasteiger partial charge in [0.1, 0.15) is 4.88 Å². The fourth-order valence-corrected chi connectivity index (χ4v) is 4.70. The Hall–Kier alpha value is -3.13. The molecule has 1 saturated heterocycles. The molecule has 1 N–H and O–H groups in total. The highest BCUT2D eigenvalue weighted by molar-refractivity contribution is 7.15. The van der Waals surface area contributed by atoms with Gasteiger partial charge in [-0.1, -0.05) is 30.3 Å². The molecule has 2 aromatic carbocycles. The number of aliphatic imine (C=N–C) groups is 1. The Labute approximate surface area is 174 Å². The minimum atomic E-state index is -4.33. The highest BCUT2D eigenvalue weighted by atomic mass is 32.1. The van der Waals surface area contributed by atoms with E-state index in [2.05, 4.69) is 10.3 Å². The van der Waals surface area contributed by atoms with Gasteiger partial charge in [0.15, 0.2) is 0 Å². The predicted octanol–water partition coefficient (Wildman–Crippen LogP) is 5.96. The fraction of sp³-hybridized carbons (Fsp3) is 0.182. The van der Waals surface area contributed by atoms with E-state index in [0.29, 0.717) is 11.4 Å². The zero-order chi connectivity index (χ0) is 20.9. The molecule has 2 aliphatic rings. The third-order valence-electron chi connectivity index (χ3n) is 5.33. The van der Waals surface area contributed by atoms with Crippen LogP contribution in [0.5, 0.6) is 0 Å². The number of nitrogens with one attached hydrogen (secondary N) is 1. The summed E-state index contributed by atoms with van der Waals surface area (Å²) in [6.07, 6.45) is -1.69. The van der Waals surface area contributed by atoms with Crippen molar-refractivity contribution in [3.8, 4) is 10.4 Å². The van der Waals surface area contributed by atoms with E-state index in [1.54, 1.807) is 17.0 Å². The third kappa shape index (κ3) is 3.27. The Bertz CT molecular complexity index is 1150. The van der Waals surface area contributed by atoms with Crippen LogP contribution in [0.3, 0.4) is 0 Å². The number of carbonyl (C=O) groups excluding carboxylic acids is 1. The van der Waals surface area contributed by atoms with Crippen LogP contribution in [-0.2, 0) is 12.6 Å². The Morgan fingerprint density at radius 3 is 2.60 bits per heavy atom. The number of thiophene rings is 1. The summed E-state index contributed by atoms with van der Waals surface area (Å²) in [6, 6.07) is 15.4. The zero-order valence-corrected chi connectivity index (χ0v) is 16.4. The second-order valence-electron chi connectivity index (χ2n) is 7.18. The lowest BCUT2D eigenvalue weighted by atomic mass is 10.0. The van der Waals surface area contributed by atoms with Gasteiger partial charge in [0.25, 0.3) is 0 Å². The fourth-order valence-electron chi connectivity index (χ4n) is 3.82. The highest BCUT2D eigenvalue weighted by Gasteiger charge is 2.34. The van der Waals surface area contributed by atoms with Crippen LogP contribution in [0.25, 0.3) is 10.4 Å². The monoisotopic (exact) mass is 427 g/mol. The van der Waals surface area contributed by atoms with E-state index in [9.17, 15) is 18.0 Å².